The number of β-lactam (4-membered cyclic amide) rings is 1. The Morgan fingerprint density at radius 1 is 1.57 bits per heavy atom. The summed E-state index contributed by atoms with van der Waals surface area (Å²) in [6.07, 6.45) is 0.465. The van der Waals surface area contributed by atoms with Crippen molar-refractivity contribution in [1.29, 1.82) is 0 Å². The third kappa shape index (κ3) is 1.37. The van der Waals surface area contributed by atoms with Gasteiger partial charge in [-0.3, -0.25) is 4.79 Å². The highest BCUT2D eigenvalue weighted by Gasteiger charge is 2.35. The maximum atomic E-state index is 12.9. The predicted octanol–water partition coefficient (Wildman–Crippen LogP) is 0.890. The normalized spacial score (nSPS) is 20.9. The summed E-state index contributed by atoms with van der Waals surface area (Å²) in [5.41, 5.74) is 6.07. The minimum atomic E-state index is -0.335. The quantitative estimate of drug-likeness (QED) is 0.711. The molecule has 1 aliphatic rings. The summed E-state index contributed by atoms with van der Waals surface area (Å²) in [4.78, 5) is 12.8. The topological polar surface area (TPSA) is 46.3 Å². The Kier molecular flexibility index (Phi) is 2.21. The molecule has 0 bridgehead atoms. The van der Waals surface area contributed by atoms with Crippen LogP contribution in [0.25, 0.3) is 0 Å². The van der Waals surface area contributed by atoms with Gasteiger partial charge in [-0.1, -0.05) is 6.07 Å². The Bertz CT molecular complexity index is 367. The van der Waals surface area contributed by atoms with E-state index in [1.165, 1.54) is 12.1 Å². The van der Waals surface area contributed by atoms with Gasteiger partial charge in [0.15, 0.2) is 0 Å². The predicted molar refractivity (Wildman–Crippen MR) is 51.3 cm³/mol. The molecule has 0 saturated carbocycles. The summed E-state index contributed by atoms with van der Waals surface area (Å²) in [7, 11) is 0. The Balaban J connectivity index is 2.26. The van der Waals surface area contributed by atoms with Crippen molar-refractivity contribution in [1.82, 2.24) is 0 Å². The first-order valence-electron chi connectivity index (χ1n) is 4.50. The number of carbonyl (C=O) groups is 1. The number of amides is 1. The van der Waals surface area contributed by atoms with Crippen LogP contribution in [0.1, 0.15) is 6.42 Å². The van der Waals surface area contributed by atoms with Gasteiger partial charge in [0.05, 0.1) is 6.04 Å². The lowest BCUT2D eigenvalue weighted by Gasteiger charge is -2.39. The lowest BCUT2D eigenvalue weighted by atomic mass is 10.0. The van der Waals surface area contributed by atoms with Gasteiger partial charge in [-0.25, -0.2) is 4.39 Å². The lowest BCUT2D eigenvalue weighted by molar-refractivity contribution is -0.123. The number of carbonyl (C=O) groups excluding carboxylic acids is 1. The van der Waals surface area contributed by atoms with Crippen molar-refractivity contribution >= 4 is 11.6 Å². The average molecular weight is 194 g/mol. The Labute approximate surface area is 81.3 Å². The van der Waals surface area contributed by atoms with Crippen molar-refractivity contribution in [2.75, 3.05) is 11.4 Å². The monoisotopic (exact) mass is 194 g/mol. The van der Waals surface area contributed by atoms with Gasteiger partial charge in [0.1, 0.15) is 5.82 Å². The van der Waals surface area contributed by atoms with E-state index in [9.17, 15) is 9.18 Å². The van der Waals surface area contributed by atoms with Crippen molar-refractivity contribution in [2.24, 2.45) is 5.73 Å². The fourth-order valence-corrected chi connectivity index (χ4v) is 1.65. The molecule has 1 aliphatic heterocycles. The van der Waals surface area contributed by atoms with Crippen molar-refractivity contribution in [2.45, 2.75) is 12.5 Å². The van der Waals surface area contributed by atoms with E-state index in [1.54, 1.807) is 17.0 Å². The molecule has 1 aromatic rings. The van der Waals surface area contributed by atoms with Crippen LogP contribution in [-0.4, -0.2) is 18.5 Å². The minimum absolute atomic E-state index is 0.00560. The third-order valence-corrected chi connectivity index (χ3v) is 2.40. The second kappa shape index (κ2) is 3.38. The number of halogens is 1. The van der Waals surface area contributed by atoms with Crippen LogP contribution in [0.3, 0.4) is 0 Å². The summed E-state index contributed by atoms with van der Waals surface area (Å²) < 4.78 is 12.9. The molecule has 0 aromatic heterocycles. The van der Waals surface area contributed by atoms with E-state index in [-0.39, 0.29) is 17.8 Å². The highest BCUT2D eigenvalue weighted by Crippen LogP contribution is 2.27. The van der Waals surface area contributed by atoms with Crippen LogP contribution in [0, 0.1) is 5.82 Å². The molecule has 1 heterocycles. The molecule has 1 saturated heterocycles. The summed E-state index contributed by atoms with van der Waals surface area (Å²) in [5.74, 6) is -0.330. The molecule has 1 aromatic carbocycles. The van der Waals surface area contributed by atoms with Gasteiger partial charge in [-0.05, 0) is 18.2 Å². The van der Waals surface area contributed by atoms with Gasteiger partial charge >= 0.3 is 0 Å². The zero-order chi connectivity index (χ0) is 10.1. The van der Waals surface area contributed by atoms with Gasteiger partial charge in [-0.15, -0.1) is 0 Å². The third-order valence-electron chi connectivity index (χ3n) is 2.40. The minimum Gasteiger partial charge on any atom is -0.328 e. The van der Waals surface area contributed by atoms with E-state index >= 15 is 0 Å². The van der Waals surface area contributed by atoms with Crippen molar-refractivity contribution in [3.8, 4) is 0 Å². The molecule has 0 radical (unpaired) electrons. The van der Waals surface area contributed by atoms with Crippen LogP contribution in [0.4, 0.5) is 10.1 Å². The van der Waals surface area contributed by atoms with Crippen LogP contribution in [0.15, 0.2) is 24.3 Å². The number of anilines is 1. The number of benzene rings is 1. The summed E-state index contributed by atoms with van der Waals surface area (Å²) in [6.45, 7) is 0.419. The van der Waals surface area contributed by atoms with E-state index in [4.69, 9.17) is 5.73 Å². The van der Waals surface area contributed by atoms with Crippen molar-refractivity contribution in [3.63, 3.8) is 0 Å². The number of nitrogens with two attached hydrogens (primary N) is 1. The number of rotatable bonds is 2. The van der Waals surface area contributed by atoms with E-state index < -0.39 is 0 Å². The van der Waals surface area contributed by atoms with Gasteiger partial charge in [0.2, 0.25) is 5.91 Å². The summed E-state index contributed by atoms with van der Waals surface area (Å²) in [5, 5.41) is 0. The molecule has 1 atom stereocenters. The summed E-state index contributed by atoms with van der Waals surface area (Å²) in [6, 6.07) is 6.03. The van der Waals surface area contributed by atoms with Crippen LogP contribution in [0.5, 0.6) is 0 Å². The highest BCUT2D eigenvalue weighted by atomic mass is 19.1. The van der Waals surface area contributed by atoms with E-state index in [1.807, 2.05) is 0 Å². The van der Waals surface area contributed by atoms with Crippen LogP contribution in [0.2, 0.25) is 0 Å². The second-order valence-corrected chi connectivity index (χ2v) is 3.34. The first-order chi connectivity index (χ1) is 6.72. The molecule has 1 fully saturated rings. The number of hydrogen-bond donors (Lipinski definition) is 1. The lowest BCUT2D eigenvalue weighted by Crippen LogP contribution is -2.56. The first kappa shape index (κ1) is 9.15. The molecule has 14 heavy (non-hydrogen) atoms. The first-order valence-corrected chi connectivity index (χ1v) is 4.50. The van der Waals surface area contributed by atoms with Crippen molar-refractivity contribution in [3.05, 3.63) is 30.1 Å². The fraction of sp³-hybridized carbons (Fsp3) is 0.300. The zero-order valence-corrected chi connectivity index (χ0v) is 7.61. The molecule has 2 N–H and O–H groups in total. The Morgan fingerprint density at radius 3 is 2.93 bits per heavy atom. The maximum absolute atomic E-state index is 12.9. The van der Waals surface area contributed by atoms with E-state index in [0.29, 0.717) is 18.7 Å². The highest BCUT2D eigenvalue weighted by molar-refractivity contribution is 6.00. The van der Waals surface area contributed by atoms with E-state index in [0.717, 1.165) is 0 Å². The zero-order valence-electron chi connectivity index (χ0n) is 7.61. The largest absolute Gasteiger partial charge is 0.328 e. The smallest absolute Gasteiger partial charge is 0.229 e. The van der Waals surface area contributed by atoms with E-state index in [2.05, 4.69) is 0 Å². The SMILES string of the molecule is NCC1CC(=O)N1c1cccc(F)c1. The Hall–Kier alpha value is -1.42. The molecule has 0 spiro atoms. The molecular formula is C10H11FN2O. The molecular weight excluding hydrogens is 183 g/mol. The van der Waals surface area contributed by atoms with Gasteiger partial charge < -0.3 is 10.6 Å². The second-order valence-electron chi connectivity index (χ2n) is 3.34. The standard InChI is InChI=1S/C10H11FN2O/c11-7-2-1-3-8(4-7)13-9(6-12)5-10(13)14/h1-4,9H,5-6,12H2. The molecule has 0 aliphatic carbocycles. The molecule has 3 nitrogen and oxygen atoms in total. The molecule has 2 rings (SSSR count). The van der Waals surface area contributed by atoms with Gasteiger partial charge in [-0.2, -0.15) is 0 Å². The number of hydrogen-bond acceptors (Lipinski definition) is 2. The molecule has 74 valence electrons. The average Bonchev–Trinajstić information content (AvgIpc) is 2.14. The van der Waals surface area contributed by atoms with Gasteiger partial charge in [0, 0.05) is 18.7 Å². The van der Waals surface area contributed by atoms with Crippen LogP contribution in [-0.2, 0) is 4.79 Å². The van der Waals surface area contributed by atoms with Gasteiger partial charge in [0.25, 0.3) is 0 Å². The molecule has 1 amide bonds. The van der Waals surface area contributed by atoms with Crippen molar-refractivity contribution < 1.29 is 9.18 Å². The maximum Gasteiger partial charge on any atom is 0.229 e. The van der Waals surface area contributed by atoms with Crippen LogP contribution < -0.4 is 10.6 Å². The molecule has 1 unspecified atom stereocenters. The summed E-state index contributed by atoms with van der Waals surface area (Å²) >= 11 is 0. The number of nitrogens with zero attached hydrogens (tertiary/aromatic N) is 1. The molecule has 4 heteroatoms. The fourth-order valence-electron chi connectivity index (χ4n) is 1.65. The Morgan fingerprint density at radius 2 is 2.36 bits per heavy atom. The van der Waals surface area contributed by atoms with Crippen LogP contribution >= 0.6 is 0 Å².